The van der Waals surface area contributed by atoms with Crippen molar-refractivity contribution in [3.05, 3.63) is 45.5 Å². The Hall–Kier alpha value is -1.14. The SMILES string of the molecule is Cl.NC1CCC2CN(Cc3cc(=O)n4cc(Cl)ccc4n3)CC12. The second-order valence-electron chi connectivity index (χ2n) is 6.52. The summed E-state index contributed by atoms with van der Waals surface area (Å²) in [6.07, 6.45) is 3.99. The van der Waals surface area contributed by atoms with Crippen molar-refractivity contribution in [1.29, 1.82) is 0 Å². The van der Waals surface area contributed by atoms with E-state index in [1.807, 2.05) is 0 Å². The summed E-state index contributed by atoms with van der Waals surface area (Å²) in [5.41, 5.74) is 7.56. The Morgan fingerprint density at radius 2 is 2.13 bits per heavy atom. The molecule has 2 N–H and O–H groups in total. The molecule has 4 rings (SSSR count). The molecular formula is C16H20Cl2N4O. The Labute approximate surface area is 145 Å². The van der Waals surface area contributed by atoms with Crippen LogP contribution >= 0.6 is 24.0 Å². The van der Waals surface area contributed by atoms with Gasteiger partial charge in [0.1, 0.15) is 5.65 Å². The largest absolute Gasteiger partial charge is 0.327 e. The van der Waals surface area contributed by atoms with Crippen molar-refractivity contribution in [2.45, 2.75) is 25.4 Å². The first-order chi connectivity index (χ1) is 10.6. The lowest BCUT2D eigenvalue weighted by Gasteiger charge is -2.18. The third-order valence-corrected chi connectivity index (χ3v) is 5.27. The number of nitrogens with two attached hydrogens (primary N) is 1. The fraction of sp³-hybridized carbons (Fsp3) is 0.500. The molecular weight excluding hydrogens is 335 g/mol. The van der Waals surface area contributed by atoms with Crippen LogP contribution in [0.4, 0.5) is 0 Å². The molecule has 2 aromatic rings. The van der Waals surface area contributed by atoms with E-state index >= 15 is 0 Å². The van der Waals surface area contributed by atoms with Crippen molar-refractivity contribution >= 4 is 29.7 Å². The van der Waals surface area contributed by atoms with E-state index in [0.717, 1.165) is 31.1 Å². The molecule has 7 heteroatoms. The zero-order valence-electron chi connectivity index (χ0n) is 12.7. The standard InChI is InChI=1S/C16H19ClN4O.ClH/c17-11-2-4-15-19-12(5-16(22)21(15)7-11)8-20-6-10-1-3-14(18)13(10)9-20;/h2,4-5,7,10,13-14H,1,3,6,8-9,18H2;1H. The number of nitrogens with zero attached hydrogens (tertiary/aromatic N) is 3. The second kappa shape index (κ2) is 6.40. The van der Waals surface area contributed by atoms with E-state index in [1.54, 1.807) is 24.4 Å². The highest BCUT2D eigenvalue weighted by atomic mass is 35.5. The molecule has 0 bridgehead atoms. The molecule has 3 unspecified atom stereocenters. The van der Waals surface area contributed by atoms with Gasteiger partial charge in [-0.2, -0.15) is 0 Å². The van der Waals surface area contributed by atoms with Crippen LogP contribution in [-0.4, -0.2) is 33.4 Å². The van der Waals surface area contributed by atoms with Crippen LogP contribution in [-0.2, 0) is 6.54 Å². The van der Waals surface area contributed by atoms with Crippen molar-refractivity contribution in [1.82, 2.24) is 14.3 Å². The lowest BCUT2D eigenvalue weighted by molar-refractivity contribution is 0.295. The predicted octanol–water partition coefficient (Wildman–Crippen LogP) is 1.94. The van der Waals surface area contributed by atoms with Gasteiger partial charge in [0.2, 0.25) is 0 Å². The van der Waals surface area contributed by atoms with Gasteiger partial charge in [0.15, 0.2) is 0 Å². The minimum atomic E-state index is -0.0846. The summed E-state index contributed by atoms with van der Waals surface area (Å²) >= 11 is 5.93. The Bertz CT molecular complexity index is 778. The Balaban J connectivity index is 0.00000156. The van der Waals surface area contributed by atoms with Crippen LogP contribution in [0.1, 0.15) is 18.5 Å². The van der Waals surface area contributed by atoms with E-state index in [0.29, 0.717) is 29.2 Å². The van der Waals surface area contributed by atoms with Crippen LogP contribution in [0.25, 0.3) is 5.65 Å². The van der Waals surface area contributed by atoms with E-state index in [2.05, 4.69) is 9.88 Å². The third kappa shape index (κ3) is 3.11. The van der Waals surface area contributed by atoms with Crippen LogP contribution in [0, 0.1) is 11.8 Å². The molecule has 1 saturated carbocycles. The van der Waals surface area contributed by atoms with E-state index in [9.17, 15) is 4.79 Å². The number of aromatic nitrogens is 2. The molecule has 0 aromatic carbocycles. The van der Waals surface area contributed by atoms with Crippen LogP contribution in [0.2, 0.25) is 5.02 Å². The van der Waals surface area contributed by atoms with Gasteiger partial charge in [-0.05, 0) is 36.8 Å². The molecule has 3 heterocycles. The molecule has 23 heavy (non-hydrogen) atoms. The third-order valence-electron chi connectivity index (χ3n) is 5.05. The number of likely N-dealkylation sites (tertiary alicyclic amines) is 1. The minimum Gasteiger partial charge on any atom is -0.327 e. The fourth-order valence-corrected chi connectivity index (χ4v) is 4.13. The van der Waals surface area contributed by atoms with Gasteiger partial charge >= 0.3 is 0 Å². The molecule has 2 fully saturated rings. The molecule has 2 aromatic heterocycles. The van der Waals surface area contributed by atoms with Gasteiger partial charge in [-0.15, -0.1) is 12.4 Å². The quantitative estimate of drug-likeness (QED) is 0.894. The predicted molar refractivity (Wildman–Crippen MR) is 93.2 cm³/mol. The molecule has 1 aliphatic heterocycles. The van der Waals surface area contributed by atoms with Crippen LogP contribution in [0.3, 0.4) is 0 Å². The highest BCUT2D eigenvalue weighted by Crippen LogP contribution is 2.37. The van der Waals surface area contributed by atoms with Gasteiger partial charge in [-0.1, -0.05) is 11.6 Å². The molecule has 1 saturated heterocycles. The van der Waals surface area contributed by atoms with Gasteiger partial charge in [-0.3, -0.25) is 14.1 Å². The van der Waals surface area contributed by atoms with Crippen molar-refractivity contribution in [3.63, 3.8) is 0 Å². The second-order valence-corrected chi connectivity index (χ2v) is 6.96. The normalized spacial score (nSPS) is 27.1. The maximum Gasteiger partial charge on any atom is 0.258 e. The number of hydrogen-bond acceptors (Lipinski definition) is 4. The number of halogens is 2. The maximum atomic E-state index is 12.2. The summed E-state index contributed by atoms with van der Waals surface area (Å²) in [4.78, 5) is 19.2. The maximum absolute atomic E-state index is 12.2. The van der Waals surface area contributed by atoms with Crippen molar-refractivity contribution in [2.75, 3.05) is 13.1 Å². The molecule has 1 aliphatic carbocycles. The summed E-state index contributed by atoms with van der Waals surface area (Å²) in [5, 5.41) is 0.533. The Kier molecular flexibility index (Phi) is 4.65. The first-order valence-corrected chi connectivity index (χ1v) is 8.14. The van der Waals surface area contributed by atoms with E-state index in [1.165, 1.54) is 10.8 Å². The van der Waals surface area contributed by atoms with Crippen molar-refractivity contribution in [2.24, 2.45) is 17.6 Å². The first kappa shape index (κ1) is 16.7. The number of pyridine rings is 1. The average molecular weight is 355 g/mol. The van der Waals surface area contributed by atoms with E-state index in [-0.39, 0.29) is 18.0 Å². The van der Waals surface area contributed by atoms with Crippen molar-refractivity contribution < 1.29 is 0 Å². The monoisotopic (exact) mass is 354 g/mol. The molecule has 2 aliphatic rings. The Morgan fingerprint density at radius 3 is 2.91 bits per heavy atom. The van der Waals surface area contributed by atoms with Gasteiger partial charge in [0.25, 0.3) is 5.56 Å². The smallest absolute Gasteiger partial charge is 0.258 e. The van der Waals surface area contributed by atoms with Crippen LogP contribution in [0.15, 0.2) is 29.2 Å². The fourth-order valence-electron chi connectivity index (χ4n) is 3.97. The summed E-state index contributed by atoms with van der Waals surface area (Å²) < 4.78 is 1.49. The summed E-state index contributed by atoms with van der Waals surface area (Å²) in [6, 6.07) is 5.48. The molecule has 0 amide bonds. The zero-order chi connectivity index (χ0) is 15.3. The van der Waals surface area contributed by atoms with Gasteiger partial charge in [-0.25, -0.2) is 4.98 Å². The summed E-state index contributed by atoms with van der Waals surface area (Å²) in [5.74, 6) is 1.33. The lowest BCUT2D eigenvalue weighted by atomic mass is 9.98. The highest BCUT2D eigenvalue weighted by Gasteiger charge is 2.40. The van der Waals surface area contributed by atoms with Crippen LogP contribution in [0.5, 0.6) is 0 Å². The molecule has 5 nitrogen and oxygen atoms in total. The van der Waals surface area contributed by atoms with E-state index in [4.69, 9.17) is 17.3 Å². The summed E-state index contributed by atoms with van der Waals surface area (Å²) in [7, 11) is 0. The van der Waals surface area contributed by atoms with Crippen molar-refractivity contribution in [3.8, 4) is 0 Å². The number of fused-ring (bicyclic) bond motifs is 2. The number of hydrogen-bond donors (Lipinski definition) is 1. The topological polar surface area (TPSA) is 63.6 Å². The van der Waals surface area contributed by atoms with Gasteiger partial charge in [0.05, 0.1) is 10.7 Å². The lowest BCUT2D eigenvalue weighted by Crippen LogP contribution is -2.30. The highest BCUT2D eigenvalue weighted by molar-refractivity contribution is 6.30. The molecule has 0 spiro atoms. The average Bonchev–Trinajstić information content (AvgIpc) is 3.02. The molecule has 0 radical (unpaired) electrons. The van der Waals surface area contributed by atoms with Gasteiger partial charge < -0.3 is 5.73 Å². The zero-order valence-corrected chi connectivity index (χ0v) is 14.3. The van der Waals surface area contributed by atoms with Gasteiger partial charge in [0, 0.05) is 37.9 Å². The summed E-state index contributed by atoms with van der Waals surface area (Å²) in [6.45, 7) is 2.81. The number of rotatable bonds is 2. The molecule has 124 valence electrons. The molecule has 3 atom stereocenters. The minimum absolute atomic E-state index is 0. The Morgan fingerprint density at radius 1 is 1.30 bits per heavy atom. The first-order valence-electron chi connectivity index (χ1n) is 7.76. The van der Waals surface area contributed by atoms with Crippen LogP contribution < -0.4 is 11.3 Å². The van der Waals surface area contributed by atoms with E-state index < -0.39 is 0 Å².